The van der Waals surface area contributed by atoms with Gasteiger partial charge in [-0.2, -0.15) is 0 Å². The van der Waals surface area contributed by atoms with Gasteiger partial charge < -0.3 is 5.32 Å². The number of thioether (sulfide) groups is 1. The number of carbonyl (C=O) groups excluding carboxylic acids is 1. The Labute approximate surface area is 161 Å². The van der Waals surface area contributed by atoms with Crippen molar-refractivity contribution in [1.29, 1.82) is 0 Å². The Kier molecular flexibility index (Phi) is 6.24. The molecule has 0 saturated carbocycles. The molecule has 1 heterocycles. The molecule has 1 atom stereocenters. The lowest BCUT2D eigenvalue weighted by molar-refractivity contribution is -0.119. The predicted octanol–water partition coefficient (Wildman–Crippen LogP) is 4.14. The highest BCUT2D eigenvalue weighted by Gasteiger charge is 2.13. The molecule has 27 heavy (non-hydrogen) atoms. The first-order valence-electron chi connectivity index (χ1n) is 8.75. The normalized spacial score (nSPS) is 12.0. The Hall–Kier alpha value is -2.67. The van der Waals surface area contributed by atoms with Gasteiger partial charge >= 0.3 is 0 Å². The Morgan fingerprint density at radius 1 is 1.22 bits per heavy atom. The zero-order valence-electron chi connectivity index (χ0n) is 15.2. The Morgan fingerprint density at radius 2 is 1.96 bits per heavy atom. The Bertz CT molecular complexity index is 910. The van der Waals surface area contributed by atoms with Crippen LogP contribution in [0.15, 0.2) is 53.7 Å². The number of nitrogens with zero attached hydrogens (tertiary/aromatic N) is 2. The van der Waals surface area contributed by atoms with Crippen LogP contribution >= 0.6 is 11.8 Å². The summed E-state index contributed by atoms with van der Waals surface area (Å²) in [5, 5.41) is 10.1. The monoisotopic (exact) mass is 384 g/mol. The summed E-state index contributed by atoms with van der Waals surface area (Å²) in [5.74, 6) is 0.0573. The van der Waals surface area contributed by atoms with E-state index in [-0.39, 0.29) is 23.5 Å². The van der Waals surface area contributed by atoms with Gasteiger partial charge in [-0.15, -0.1) is 5.10 Å². The molecule has 1 aromatic heterocycles. The first kappa shape index (κ1) is 19.1. The highest BCUT2D eigenvalue weighted by Crippen LogP contribution is 2.21. The molecular formula is C20H21FN4OS. The number of benzene rings is 2. The second-order valence-corrected chi connectivity index (χ2v) is 7.06. The van der Waals surface area contributed by atoms with E-state index in [0.29, 0.717) is 16.5 Å². The third kappa shape index (κ3) is 4.95. The minimum atomic E-state index is -0.370. The van der Waals surface area contributed by atoms with E-state index in [4.69, 9.17) is 0 Å². The molecule has 0 spiro atoms. The summed E-state index contributed by atoms with van der Waals surface area (Å²) in [5.41, 5.74) is 2.68. The third-order valence-electron chi connectivity index (χ3n) is 4.19. The number of H-pyrrole nitrogens is 1. The van der Waals surface area contributed by atoms with Crippen LogP contribution in [0.4, 0.5) is 4.39 Å². The standard InChI is InChI=1S/C20H21FN4OS/c1-3-14-8-10-15(11-9-14)13(2)22-18(26)12-27-20-23-19(24-25-20)16-6-4-5-7-17(16)21/h4-11,13H,3,12H2,1-2H3,(H,22,26)(H,23,24,25)/t13-/m1/s1. The fourth-order valence-electron chi connectivity index (χ4n) is 2.62. The van der Waals surface area contributed by atoms with Crippen molar-refractivity contribution in [2.24, 2.45) is 0 Å². The van der Waals surface area contributed by atoms with Crippen LogP contribution in [0.5, 0.6) is 0 Å². The van der Waals surface area contributed by atoms with Crippen LogP contribution in [0.2, 0.25) is 0 Å². The number of aromatic nitrogens is 3. The Morgan fingerprint density at radius 3 is 2.67 bits per heavy atom. The molecule has 0 fully saturated rings. The molecule has 0 bridgehead atoms. The second kappa shape index (κ2) is 8.81. The van der Waals surface area contributed by atoms with Gasteiger partial charge in [-0.3, -0.25) is 9.89 Å². The van der Waals surface area contributed by atoms with E-state index in [9.17, 15) is 9.18 Å². The third-order valence-corrected chi connectivity index (χ3v) is 5.04. The van der Waals surface area contributed by atoms with Crippen LogP contribution in [0, 0.1) is 5.82 Å². The molecule has 0 radical (unpaired) electrons. The summed E-state index contributed by atoms with van der Waals surface area (Å²) in [4.78, 5) is 16.4. The van der Waals surface area contributed by atoms with Crippen molar-refractivity contribution in [3.05, 3.63) is 65.5 Å². The molecule has 3 aromatic rings. The van der Waals surface area contributed by atoms with Crippen molar-refractivity contribution in [2.45, 2.75) is 31.5 Å². The highest BCUT2D eigenvalue weighted by molar-refractivity contribution is 7.99. The number of nitrogens with one attached hydrogen (secondary N) is 2. The van der Waals surface area contributed by atoms with Crippen molar-refractivity contribution in [1.82, 2.24) is 20.5 Å². The summed E-state index contributed by atoms with van der Waals surface area (Å²) in [6, 6.07) is 14.5. The van der Waals surface area contributed by atoms with E-state index in [1.54, 1.807) is 18.2 Å². The molecule has 2 N–H and O–H groups in total. The van der Waals surface area contributed by atoms with E-state index in [2.05, 4.69) is 39.6 Å². The second-order valence-electron chi connectivity index (χ2n) is 6.12. The van der Waals surface area contributed by atoms with Crippen molar-refractivity contribution in [3.63, 3.8) is 0 Å². The van der Waals surface area contributed by atoms with Crippen LogP contribution in [0.3, 0.4) is 0 Å². The maximum Gasteiger partial charge on any atom is 0.230 e. The summed E-state index contributed by atoms with van der Waals surface area (Å²) < 4.78 is 13.8. The molecule has 0 aliphatic carbocycles. The fraction of sp³-hybridized carbons (Fsp3) is 0.250. The topological polar surface area (TPSA) is 70.7 Å². The van der Waals surface area contributed by atoms with E-state index in [0.717, 1.165) is 12.0 Å². The van der Waals surface area contributed by atoms with Gasteiger partial charge in [-0.1, -0.05) is 55.1 Å². The maximum absolute atomic E-state index is 13.8. The lowest BCUT2D eigenvalue weighted by Crippen LogP contribution is -2.28. The van der Waals surface area contributed by atoms with Gasteiger partial charge in [0.15, 0.2) is 5.82 Å². The van der Waals surface area contributed by atoms with Gasteiger partial charge in [0.05, 0.1) is 17.4 Å². The number of aromatic amines is 1. The molecule has 0 unspecified atom stereocenters. The molecule has 0 aliphatic heterocycles. The number of rotatable bonds is 7. The highest BCUT2D eigenvalue weighted by atomic mass is 32.2. The molecule has 1 amide bonds. The molecule has 0 saturated heterocycles. The summed E-state index contributed by atoms with van der Waals surface area (Å²) >= 11 is 1.21. The van der Waals surface area contributed by atoms with Gasteiger partial charge in [0.25, 0.3) is 0 Å². The van der Waals surface area contributed by atoms with E-state index >= 15 is 0 Å². The summed E-state index contributed by atoms with van der Waals surface area (Å²) in [6.45, 7) is 4.06. The van der Waals surface area contributed by atoms with Crippen molar-refractivity contribution >= 4 is 17.7 Å². The molecule has 2 aromatic carbocycles. The number of halogens is 1. The number of carbonyl (C=O) groups is 1. The largest absolute Gasteiger partial charge is 0.349 e. The minimum Gasteiger partial charge on any atom is -0.349 e. The van der Waals surface area contributed by atoms with Gasteiger partial charge in [0, 0.05) is 0 Å². The Balaban J connectivity index is 1.54. The van der Waals surface area contributed by atoms with Crippen LogP contribution in [-0.2, 0) is 11.2 Å². The number of hydrogen-bond donors (Lipinski definition) is 2. The van der Waals surface area contributed by atoms with Gasteiger partial charge in [0.1, 0.15) is 5.82 Å². The number of aryl methyl sites for hydroxylation is 1. The number of amides is 1. The maximum atomic E-state index is 13.8. The van der Waals surface area contributed by atoms with Crippen molar-refractivity contribution in [2.75, 3.05) is 5.75 Å². The van der Waals surface area contributed by atoms with Gasteiger partial charge in [-0.05, 0) is 36.6 Å². The van der Waals surface area contributed by atoms with Crippen LogP contribution in [0.1, 0.15) is 31.0 Å². The zero-order valence-corrected chi connectivity index (χ0v) is 16.0. The average Bonchev–Trinajstić information content (AvgIpc) is 3.15. The fourth-order valence-corrected chi connectivity index (χ4v) is 3.23. The minimum absolute atomic E-state index is 0.0786. The van der Waals surface area contributed by atoms with Gasteiger partial charge in [-0.25, -0.2) is 9.37 Å². The number of hydrogen-bond acceptors (Lipinski definition) is 4. The van der Waals surface area contributed by atoms with Crippen LogP contribution < -0.4 is 5.32 Å². The first-order valence-corrected chi connectivity index (χ1v) is 9.73. The average molecular weight is 384 g/mol. The quantitative estimate of drug-likeness (QED) is 0.601. The molecule has 140 valence electrons. The summed E-state index contributed by atoms with van der Waals surface area (Å²) in [6.07, 6.45) is 0.989. The first-order chi connectivity index (χ1) is 13.1. The summed E-state index contributed by atoms with van der Waals surface area (Å²) in [7, 11) is 0. The lowest BCUT2D eigenvalue weighted by atomic mass is 10.1. The van der Waals surface area contributed by atoms with E-state index in [1.165, 1.54) is 23.4 Å². The van der Waals surface area contributed by atoms with Crippen molar-refractivity contribution in [3.8, 4) is 11.4 Å². The molecule has 3 rings (SSSR count). The zero-order chi connectivity index (χ0) is 19.2. The predicted molar refractivity (Wildman–Crippen MR) is 105 cm³/mol. The molecule has 7 heteroatoms. The van der Waals surface area contributed by atoms with Gasteiger partial charge in [0.2, 0.25) is 11.1 Å². The smallest absolute Gasteiger partial charge is 0.230 e. The molecular weight excluding hydrogens is 363 g/mol. The molecule has 0 aliphatic rings. The SMILES string of the molecule is CCc1ccc([C@@H](C)NC(=O)CSc2n[nH]c(-c3ccccc3F)n2)cc1. The molecule has 5 nitrogen and oxygen atoms in total. The van der Waals surface area contributed by atoms with Crippen molar-refractivity contribution < 1.29 is 9.18 Å². The van der Waals surface area contributed by atoms with E-state index < -0.39 is 0 Å². The lowest BCUT2D eigenvalue weighted by Gasteiger charge is -2.14. The van der Waals surface area contributed by atoms with E-state index in [1.807, 2.05) is 19.1 Å². The van der Waals surface area contributed by atoms with Crippen LogP contribution in [0.25, 0.3) is 11.4 Å². The van der Waals surface area contributed by atoms with Crippen LogP contribution in [-0.4, -0.2) is 26.8 Å².